The topological polar surface area (TPSA) is 19.7 Å². The second-order valence-corrected chi connectivity index (χ2v) is 33.4. The van der Waals surface area contributed by atoms with Crippen LogP contribution in [0.3, 0.4) is 0 Å². The van der Waals surface area contributed by atoms with Gasteiger partial charge in [0.05, 0.1) is 44.1 Å². The van der Waals surface area contributed by atoms with E-state index in [0.29, 0.717) is 0 Å². The summed E-state index contributed by atoms with van der Waals surface area (Å²) >= 11 is 0. The van der Waals surface area contributed by atoms with Gasteiger partial charge in [-0.05, 0) is 306 Å². The van der Waals surface area contributed by atoms with Crippen molar-refractivity contribution in [2.45, 2.75) is 0 Å². The fourth-order valence-electron chi connectivity index (χ4n) is 20.9. The van der Waals surface area contributed by atoms with Gasteiger partial charge >= 0.3 is 0 Å². The van der Waals surface area contributed by atoms with Crippen molar-refractivity contribution in [2.75, 3.05) is 0 Å². The van der Waals surface area contributed by atoms with Gasteiger partial charge in [0.15, 0.2) is 0 Å². The van der Waals surface area contributed by atoms with Crippen LogP contribution >= 0.6 is 0 Å². The van der Waals surface area contributed by atoms with Crippen molar-refractivity contribution >= 4 is 152 Å². The minimum absolute atomic E-state index is 1.10. The summed E-state index contributed by atoms with van der Waals surface area (Å²) in [7, 11) is 0. The maximum atomic E-state index is 2.47. The first-order valence-electron chi connectivity index (χ1n) is 42.9. The zero-order valence-corrected chi connectivity index (χ0v) is 67.5. The predicted octanol–water partition coefficient (Wildman–Crippen LogP) is 32.7. The van der Waals surface area contributed by atoms with Gasteiger partial charge in [0.25, 0.3) is 0 Å². The molecule has 0 aliphatic rings. The second-order valence-electron chi connectivity index (χ2n) is 33.4. The average Bonchev–Trinajstić information content (AvgIpc) is 1.25. The average molecular weight is 1570 g/mol. The molecule has 26 rings (SSSR count). The Bertz CT molecular complexity index is 8740. The lowest BCUT2D eigenvalue weighted by Crippen LogP contribution is -1.94. The first-order valence-corrected chi connectivity index (χ1v) is 42.9. The molecular formula is C120H74N4. The van der Waals surface area contributed by atoms with E-state index >= 15 is 0 Å². The van der Waals surface area contributed by atoms with Crippen LogP contribution in [0.25, 0.3) is 252 Å². The van der Waals surface area contributed by atoms with Crippen molar-refractivity contribution in [2.24, 2.45) is 0 Å². The third-order valence-corrected chi connectivity index (χ3v) is 26.6. The number of hydrogen-bond donors (Lipinski definition) is 0. The maximum absolute atomic E-state index is 2.47. The summed E-state index contributed by atoms with van der Waals surface area (Å²) in [4.78, 5) is 0. The van der Waals surface area contributed by atoms with Crippen LogP contribution in [0.5, 0.6) is 0 Å². The lowest BCUT2D eigenvalue weighted by Gasteiger charge is -2.16. The monoisotopic (exact) mass is 1570 g/mol. The number of fused-ring (bicyclic) bond motifs is 24. The molecule has 4 heteroatoms. The molecule has 26 aromatic rings. The van der Waals surface area contributed by atoms with Crippen molar-refractivity contribution in [3.8, 4) is 101 Å². The van der Waals surface area contributed by atoms with E-state index in [2.05, 4.69) is 467 Å². The molecule has 0 N–H and O–H groups in total. The molecule has 0 bridgehead atoms. The molecule has 0 spiro atoms. The van der Waals surface area contributed by atoms with Crippen LogP contribution in [0.2, 0.25) is 0 Å². The zero-order valence-electron chi connectivity index (χ0n) is 67.5. The number of benzene rings is 22. The van der Waals surface area contributed by atoms with Crippen molar-refractivity contribution in [3.63, 3.8) is 0 Å². The molecule has 0 amide bonds. The highest BCUT2D eigenvalue weighted by Crippen LogP contribution is 2.48. The molecule has 574 valence electrons. The highest BCUT2D eigenvalue weighted by atomic mass is 15.0. The van der Waals surface area contributed by atoms with E-state index in [0.717, 1.165) is 83.9 Å². The summed E-state index contributed by atoms with van der Waals surface area (Å²) in [5, 5.41) is 24.8. The molecule has 0 fully saturated rings. The van der Waals surface area contributed by atoms with Gasteiger partial charge in [-0.3, -0.25) is 0 Å². The van der Waals surface area contributed by atoms with Crippen molar-refractivity contribution < 1.29 is 0 Å². The van der Waals surface area contributed by atoms with Crippen LogP contribution in [0.4, 0.5) is 0 Å². The Labute approximate surface area is 714 Å². The SMILES string of the molecule is c1ccc(-n2c3ccccc3c3cc(-c4cc(-c5ccc6c7ccc(-c8ccc(-n9c%10ccccc%10c%10ccc(-c%11cc(-c%12ccc%13c%14ccccc%14c%14ccccc%14c%13c%12)cc(-c%12ccc%13c%14ccccc%14n(-c%14ccccc%14)c%13c%12)c%11)cc%109)cc8)cc7c7ccccc7c6c5)cc(-c5ccc6c(c5)c5ccccc5n6-c5ccccc5)c4)ccc32)cc1. The van der Waals surface area contributed by atoms with Crippen LogP contribution < -0.4 is 0 Å². The minimum atomic E-state index is 1.10. The van der Waals surface area contributed by atoms with Crippen LogP contribution in [0.15, 0.2) is 449 Å². The molecule has 0 saturated heterocycles. The van der Waals surface area contributed by atoms with E-state index in [1.807, 2.05) is 0 Å². The van der Waals surface area contributed by atoms with Gasteiger partial charge in [0.1, 0.15) is 0 Å². The fourth-order valence-corrected chi connectivity index (χ4v) is 20.9. The molecule has 0 aliphatic heterocycles. The Balaban J connectivity index is 0.587. The zero-order chi connectivity index (χ0) is 81.2. The Morgan fingerprint density at radius 2 is 0.274 bits per heavy atom. The van der Waals surface area contributed by atoms with Crippen LogP contribution in [-0.2, 0) is 0 Å². The van der Waals surface area contributed by atoms with E-state index < -0.39 is 0 Å². The van der Waals surface area contributed by atoms with E-state index in [4.69, 9.17) is 0 Å². The Morgan fingerprint density at radius 1 is 0.0887 bits per heavy atom. The van der Waals surface area contributed by atoms with E-state index in [9.17, 15) is 0 Å². The lowest BCUT2D eigenvalue weighted by molar-refractivity contribution is 1.18. The van der Waals surface area contributed by atoms with Gasteiger partial charge in [-0.1, -0.05) is 285 Å². The quantitative estimate of drug-likeness (QED) is 0.115. The first kappa shape index (κ1) is 69.5. The number of rotatable bonds is 11. The van der Waals surface area contributed by atoms with Gasteiger partial charge in [-0.25, -0.2) is 0 Å². The van der Waals surface area contributed by atoms with E-state index in [1.54, 1.807) is 0 Å². The normalized spacial score (nSPS) is 12.0. The van der Waals surface area contributed by atoms with Crippen LogP contribution in [0, 0.1) is 0 Å². The van der Waals surface area contributed by atoms with Gasteiger partial charge < -0.3 is 18.3 Å². The third-order valence-electron chi connectivity index (χ3n) is 26.6. The Hall–Kier alpha value is -16.4. The molecular weight excluding hydrogens is 1500 g/mol. The molecule has 0 unspecified atom stereocenters. The highest BCUT2D eigenvalue weighted by molar-refractivity contribution is 6.28. The molecule has 22 aromatic carbocycles. The molecule has 4 nitrogen and oxygen atoms in total. The summed E-state index contributed by atoms with van der Waals surface area (Å²) in [5.41, 5.74) is 30.2. The summed E-state index contributed by atoms with van der Waals surface area (Å²) in [6, 6.07) is 168. The van der Waals surface area contributed by atoms with Gasteiger partial charge in [0, 0.05) is 65.8 Å². The molecule has 0 radical (unpaired) electrons. The summed E-state index contributed by atoms with van der Waals surface area (Å²) < 4.78 is 9.70. The third kappa shape index (κ3) is 10.9. The molecule has 0 aliphatic carbocycles. The molecule has 4 aromatic heterocycles. The Kier molecular flexibility index (Phi) is 15.5. The van der Waals surface area contributed by atoms with Gasteiger partial charge in [0.2, 0.25) is 0 Å². The molecule has 4 heterocycles. The van der Waals surface area contributed by atoms with Crippen LogP contribution in [-0.4, -0.2) is 18.3 Å². The first-order chi connectivity index (χ1) is 61.5. The Morgan fingerprint density at radius 3 is 0.589 bits per heavy atom. The summed E-state index contributed by atoms with van der Waals surface area (Å²) in [5.74, 6) is 0. The molecule has 0 atom stereocenters. The van der Waals surface area contributed by atoms with Crippen molar-refractivity contribution in [1.29, 1.82) is 0 Å². The molecule has 124 heavy (non-hydrogen) atoms. The van der Waals surface area contributed by atoms with E-state index in [1.165, 1.54) is 169 Å². The minimum Gasteiger partial charge on any atom is -0.309 e. The fraction of sp³-hybridized carbons (Fsp3) is 0. The summed E-state index contributed by atoms with van der Waals surface area (Å²) in [6.07, 6.45) is 0. The summed E-state index contributed by atoms with van der Waals surface area (Å²) in [6.45, 7) is 0. The number of nitrogens with zero attached hydrogens (tertiary/aromatic N) is 4. The van der Waals surface area contributed by atoms with Gasteiger partial charge in [-0.2, -0.15) is 0 Å². The van der Waals surface area contributed by atoms with Crippen molar-refractivity contribution in [1.82, 2.24) is 18.3 Å². The number of aromatic nitrogens is 4. The highest BCUT2D eigenvalue weighted by Gasteiger charge is 2.23. The molecule has 0 saturated carbocycles. The predicted molar refractivity (Wildman–Crippen MR) is 527 cm³/mol. The smallest absolute Gasteiger partial charge is 0.0547 e. The second kappa shape index (κ2) is 27.6. The largest absolute Gasteiger partial charge is 0.309 e. The maximum Gasteiger partial charge on any atom is 0.0547 e. The van der Waals surface area contributed by atoms with Crippen LogP contribution in [0.1, 0.15) is 0 Å². The number of hydrogen-bond acceptors (Lipinski definition) is 0. The standard InChI is InChI=1S/C120H74N4/c1-4-24-89(25-5-1)121-115-42-22-18-38-104(115)111-71-79(51-60-117(111)121)85-62-83(63-86(64-85)80-52-61-118-112(72-80)105-39-19-23-43-116(105)122(118)90-26-6-2-7-27-90)78-48-57-101-100-55-46-76(68-108(100)97-34-14-15-35-98(97)110(101)70-78)75-44-53-92(54-45-75)124-114-41-21-17-37-103(114)107-59-50-82(74-120(107)124)88-66-84(77-47-56-99-95-32-11-10-30-93(95)94-31-12-13-33-96(94)109(99)69-77)65-87(67-88)81-49-58-106-102-36-16-20-40-113(102)123(119(106)73-81)91-28-8-3-9-29-91/h1-74H. The van der Waals surface area contributed by atoms with E-state index in [-0.39, 0.29) is 0 Å². The van der Waals surface area contributed by atoms with Crippen molar-refractivity contribution in [3.05, 3.63) is 449 Å². The number of para-hydroxylation sites is 7. The van der Waals surface area contributed by atoms with Gasteiger partial charge in [-0.15, -0.1) is 0 Å². The lowest BCUT2D eigenvalue weighted by atomic mass is 9.89.